The second-order valence-corrected chi connectivity index (χ2v) is 14.4. The molecule has 216 valence electrons. The van der Waals surface area contributed by atoms with Gasteiger partial charge in [-0.3, -0.25) is 4.99 Å². The number of aryl methyl sites for hydroxylation is 4. The van der Waals surface area contributed by atoms with Crippen molar-refractivity contribution in [3.8, 4) is 0 Å². The first kappa shape index (κ1) is 35.5. The number of thioether (sulfide) groups is 1. The Morgan fingerprint density at radius 3 is 1.79 bits per heavy atom. The van der Waals surface area contributed by atoms with Gasteiger partial charge in [-0.25, -0.2) is 0 Å². The summed E-state index contributed by atoms with van der Waals surface area (Å²) in [5.41, 5.74) is 14.7. The summed E-state index contributed by atoms with van der Waals surface area (Å²) in [6, 6.07) is 5.03. The third-order valence-corrected chi connectivity index (χ3v) is 10.5. The van der Waals surface area contributed by atoms with Crippen molar-refractivity contribution in [2.24, 2.45) is 4.99 Å². The van der Waals surface area contributed by atoms with Crippen molar-refractivity contribution < 1.29 is 13.1 Å². The topological polar surface area (TPSA) is 12.4 Å². The van der Waals surface area contributed by atoms with Crippen LogP contribution in [0, 0.1) is 69.9 Å². The molecule has 4 atom stereocenters. The van der Waals surface area contributed by atoms with Gasteiger partial charge < -0.3 is 11.9 Å². The standard InChI is InChI=1S/C31H46N2S.CH3.2ClH.Fe/c1-18-16-19(2)23(6)30(22(18)5)32-26(9)28-14-13-15-29(34-28)27(10)33(11,12)31-24(7)20(3)17-21(4)25(31)8;;;;/h16-17,27-29H,11,13-15H2,1-10,12H3;1H3;2*1H;/q;-1;;;+2/p-2. The summed E-state index contributed by atoms with van der Waals surface area (Å²) in [7, 11) is 16.6. The summed E-state index contributed by atoms with van der Waals surface area (Å²) in [4.78, 5) is 5.24. The van der Waals surface area contributed by atoms with E-state index in [1.54, 1.807) is 0 Å². The van der Waals surface area contributed by atoms with Gasteiger partial charge in [-0.05, 0) is 115 Å². The Kier molecular flexibility index (Phi) is 14.0. The van der Waals surface area contributed by atoms with Crippen LogP contribution < -0.4 is 4.48 Å². The number of halogens is 2. The Balaban J connectivity index is 0.00000172. The summed E-state index contributed by atoms with van der Waals surface area (Å²) in [5.74, 6) is 0. The molecule has 2 aromatic rings. The van der Waals surface area contributed by atoms with Gasteiger partial charge in [0.05, 0.1) is 17.0 Å². The van der Waals surface area contributed by atoms with Gasteiger partial charge in [-0.1, -0.05) is 18.6 Å². The average Bonchev–Trinajstić information content (AvgIpc) is 2.84. The van der Waals surface area contributed by atoms with E-state index in [2.05, 4.69) is 100 Å². The predicted molar refractivity (Wildman–Crippen MR) is 173 cm³/mol. The molecule has 2 nitrogen and oxygen atoms in total. The Bertz CT molecular complexity index is 1090. The molecule has 38 heavy (non-hydrogen) atoms. The second kappa shape index (κ2) is 14.9. The minimum atomic E-state index is 0. The van der Waals surface area contributed by atoms with Crippen molar-refractivity contribution in [1.82, 2.24) is 4.48 Å². The van der Waals surface area contributed by atoms with E-state index in [9.17, 15) is 0 Å². The van der Waals surface area contributed by atoms with Crippen molar-refractivity contribution in [2.45, 2.75) is 105 Å². The van der Waals surface area contributed by atoms with Crippen molar-refractivity contribution in [1.29, 1.82) is 0 Å². The molecule has 0 saturated carbocycles. The molecule has 0 bridgehead atoms. The van der Waals surface area contributed by atoms with Gasteiger partial charge >= 0.3 is 33.3 Å². The number of benzene rings is 2. The van der Waals surface area contributed by atoms with Crippen molar-refractivity contribution >= 4 is 49.0 Å². The molecule has 1 saturated heterocycles. The summed E-state index contributed by atoms with van der Waals surface area (Å²) < 4.78 is 0.691. The Morgan fingerprint density at radius 1 is 0.921 bits per heavy atom. The monoisotopic (exact) mass is 619 g/mol. The molecule has 1 aliphatic rings. The zero-order valence-corrected chi connectivity index (χ0v) is 29.1. The molecule has 0 spiro atoms. The minimum absolute atomic E-state index is 0. The summed E-state index contributed by atoms with van der Waals surface area (Å²) in [5, 5.41) is 1.04. The van der Waals surface area contributed by atoms with Crippen LogP contribution in [0.1, 0.15) is 77.6 Å². The Morgan fingerprint density at radius 2 is 1.34 bits per heavy atom. The maximum atomic E-state index is 5.24. The van der Waals surface area contributed by atoms with Crippen molar-refractivity contribution in [3.63, 3.8) is 0 Å². The Hall–Kier alpha value is -0.481. The molecule has 4 unspecified atom stereocenters. The van der Waals surface area contributed by atoms with Gasteiger partial charge in [0.2, 0.25) is 0 Å². The van der Waals surface area contributed by atoms with E-state index in [-0.39, 0.29) is 20.6 Å². The van der Waals surface area contributed by atoms with Crippen LogP contribution in [0.5, 0.6) is 0 Å². The maximum absolute atomic E-state index is 5.24. The van der Waals surface area contributed by atoms with Gasteiger partial charge in [-0.2, -0.15) is 0 Å². The predicted octanol–water partition coefficient (Wildman–Crippen LogP) is 10.5. The van der Waals surface area contributed by atoms with E-state index in [1.807, 2.05) is 0 Å². The summed E-state index contributed by atoms with van der Waals surface area (Å²) >= 11 is 2.34. The van der Waals surface area contributed by atoms with Crippen LogP contribution >= 0.6 is 32.0 Å². The molecule has 0 amide bonds. The molecule has 0 aromatic heterocycles. The van der Waals surface area contributed by atoms with Crippen LogP contribution in [0.2, 0.25) is 0 Å². The molecular weight excluding hydrogens is 571 g/mol. The molecule has 1 aliphatic heterocycles. The van der Waals surface area contributed by atoms with Gasteiger partial charge in [0.25, 0.3) is 0 Å². The molecule has 3 rings (SSSR count). The molecular formula is C32H49Cl2FeN2S-. The van der Waals surface area contributed by atoms with E-state index in [0.717, 1.165) is 0 Å². The van der Waals surface area contributed by atoms with E-state index in [1.165, 1.54) is 80.9 Å². The average molecular weight is 621 g/mol. The van der Waals surface area contributed by atoms with E-state index < -0.39 is 0 Å². The van der Waals surface area contributed by atoms with Gasteiger partial charge in [0.1, 0.15) is 5.69 Å². The molecule has 2 aromatic carbocycles. The van der Waals surface area contributed by atoms with Gasteiger partial charge in [0, 0.05) is 29.1 Å². The van der Waals surface area contributed by atoms with E-state index in [0.29, 0.717) is 21.0 Å². The third-order valence-electron chi connectivity index (χ3n) is 8.65. The molecule has 6 heteroatoms. The quantitative estimate of drug-likeness (QED) is 0.140. The normalized spacial score (nSPS) is 20.2. The van der Waals surface area contributed by atoms with Crippen molar-refractivity contribution in [3.05, 3.63) is 71.1 Å². The van der Waals surface area contributed by atoms with Crippen LogP contribution in [-0.4, -0.2) is 29.3 Å². The zero-order valence-electron chi connectivity index (χ0n) is 25.6. The SMILES string of the molecule is [CH2-][N+](C)(c1c(C)c(C)cc(C)c1C)C(C)C1CCCC(C(C)=Nc2c(C)c(C)cc(C)c2C)S1.[CH3-].[Cl][Fe][Cl]. The number of rotatable bonds is 5. The number of hydrogen-bond donors (Lipinski definition) is 0. The fourth-order valence-corrected chi connectivity index (χ4v) is 7.43. The molecule has 1 heterocycles. The second-order valence-electron chi connectivity index (χ2n) is 11.1. The van der Waals surface area contributed by atoms with Crippen LogP contribution in [0.4, 0.5) is 11.4 Å². The van der Waals surface area contributed by atoms with Crippen LogP contribution in [-0.2, 0) is 13.1 Å². The summed E-state index contributed by atoms with van der Waals surface area (Å²) in [6.07, 6.45) is 3.73. The van der Waals surface area contributed by atoms with Crippen LogP contribution in [0.15, 0.2) is 17.1 Å². The number of aliphatic imine (C=N–C) groups is 1. The van der Waals surface area contributed by atoms with Crippen molar-refractivity contribution in [2.75, 3.05) is 7.05 Å². The molecule has 1 fully saturated rings. The number of quaternary nitrogens is 1. The number of hydrogen-bond acceptors (Lipinski definition) is 2. The van der Waals surface area contributed by atoms with Crippen LogP contribution in [0.3, 0.4) is 0 Å². The molecule has 0 aliphatic carbocycles. The van der Waals surface area contributed by atoms with E-state index >= 15 is 0 Å². The fourth-order valence-electron chi connectivity index (χ4n) is 5.66. The molecule has 0 radical (unpaired) electrons. The Labute approximate surface area is 253 Å². The first-order valence-electron chi connectivity index (χ1n) is 13.1. The van der Waals surface area contributed by atoms with Crippen LogP contribution in [0.25, 0.3) is 0 Å². The van der Waals surface area contributed by atoms with E-state index in [4.69, 9.17) is 32.2 Å². The van der Waals surface area contributed by atoms with Gasteiger partial charge in [0.15, 0.2) is 0 Å². The van der Waals surface area contributed by atoms with Gasteiger partial charge in [-0.15, -0.1) is 18.8 Å². The fraction of sp³-hybridized carbons (Fsp3) is 0.531. The molecule has 0 N–H and O–H groups in total. The number of nitrogens with zero attached hydrogens (tertiary/aromatic N) is 2. The first-order chi connectivity index (χ1) is 17.2. The summed E-state index contributed by atoms with van der Waals surface area (Å²) in [6.45, 7) is 22.5. The third kappa shape index (κ3) is 7.83. The zero-order chi connectivity index (χ0) is 28.2. The first-order valence-corrected chi connectivity index (χ1v) is 17.1.